The molecule has 0 fully saturated rings. The van der Waals surface area contributed by atoms with E-state index in [4.69, 9.17) is 24.8 Å². The zero-order chi connectivity index (χ0) is 33.6. The largest absolute Gasteiger partial charge is 0.480 e. The topological polar surface area (TPSA) is 172 Å². The quantitative estimate of drug-likeness (QED) is 0.0278. The van der Waals surface area contributed by atoms with Crippen molar-refractivity contribution < 1.29 is 47.5 Å². The number of carboxylic acid groups (broad SMARTS) is 1. The summed E-state index contributed by atoms with van der Waals surface area (Å²) in [5.41, 5.74) is 5.29. The Balaban J connectivity index is 4.50. The molecular formula is C33H62NO10P. The summed E-state index contributed by atoms with van der Waals surface area (Å²) in [4.78, 5) is 45.5. The predicted octanol–water partition coefficient (Wildman–Crippen LogP) is 7.78. The molecule has 11 nitrogen and oxygen atoms in total. The van der Waals surface area contributed by atoms with Crippen LogP contribution in [0.2, 0.25) is 0 Å². The van der Waals surface area contributed by atoms with Gasteiger partial charge in [0.15, 0.2) is 6.10 Å². The van der Waals surface area contributed by atoms with Gasteiger partial charge in [0, 0.05) is 12.8 Å². The maximum absolute atomic E-state index is 12.5. The number of allylic oxidation sites excluding steroid dienone is 2. The monoisotopic (exact) mass is 663 g/mol. The molecule has 3 unspecified atom stereocenters. The lowest BCUT2D eigenvalue weighted by molar-refractivity contribution is -0.161. The van der Waals surface area contributed by atoms with Gasteiger partial charge in [-0.05, 0) is 32.1 Å². The average Bonchev–Trinajstić information content (AvgIpc) is 3.00. The Bertz CT molecular complexity index is 838. The lowest BCUT2D eigenvalue weighted by Gasteiger charge is -2.20. The van der Waals surface area contributed by atoms with Crippen LogP contribution in [0.15, 0.2) is 12.2 Å². The van der Waals surface area contributed by atoms with Gasteiger partial charge in [0.25, 0.3) is 0 Å². The van der Waals surface area contributed by atoms with E-state index in [2.05, 4.69) is 30.5 Å². The standard InChI is InChI=1S/C33H62NO10P/c1-3-5-7-9-11-13-15-17-18-20-22-24-31(35)41-26-29(27-42-45(39,40)43-28-30(34)33(37)38)44-32(36)25-23-21-19-16-14-12-10-8-6-4-2/h8,10,29-30H,3-7,9,11-28,34H2,1-2H3,(H,37,38)(H,39,40)/b10-8-. The number of carbonyl (C=O) groups is 3. The SMILES string of the molecule is CCC/C=C\CCCCCCCC(=O)OC(COC(=O)CCCCCCCCCCCCC)COP(=O)(O)OCC(N)C(=O)O. The fourth-order valence-corrected chi connectivity index (χ4v) is 5.26. The molecule has 0 saturated carbocycles. The first-order valence-electron chi connectivity index (χ1n) is 17.2. The van der Waals surface area contributed by atoms with Gasteiger partial charge in [0.1, 0.15) is 12.6 Å². The van der Waals surface area contributed by atoms with Crippen LogP contribution in [0.5, 0.6) is 0 Å². The number of carboxylic acids is 1. The number of hydrogen-bond donors (Lipinski definition) is 3. The molecule has 45 heavy (non-hydrogen) atoms. The number of carbonyl (C=O) groups excluding carboxylic acids is 2. The summed E-state index contributed by atoms with van der Waals surface area (Å²) in [6, 6.07) is -1.52. The maximum atomic E-state index is 12.5. The second kappa shape index (κ2) is 29.6. The molecule has 0 aromatic carbocycles. The van der Waals surface area contributed by atoms with Crippen LogP contribution in [0.4, 0.5) is 0 Å². The Morgan fingerprint density at radius 1 is 0.667 bits per heavy atom. The van der Waals surface area contributed by atoms with Gasteiger partial charge >= 0.3 is 25.7 Å². The third-order valence-electron chi connectivity index (χ3n) is 7.24. The van der Waals surface area contributed by atoms with Crippen molar-refractivity contribution in [2.24, 2.45) is 5.73 Å². The molecule has 4 N–H and O–H groups in total. The number of esters is 2. The molecule has 264 valence electrons. The Kier molecular flexibility index (Phi) is 28.4. The van der Waals surface area contributed by atoms with Crippen LogP contribution < -0.4 is 5.73 Å². The van der Waals surface area contributed by atoms with Gasteiger partial charge in [-0.3, -0.25) is 23.4 Å². The molecule has 0 rings (SSSR count). The van der Waals surface area contributed by atoms with Crippen molar-refractivity contribution in [1.82, 2.24) is 0 Å². The smallest absolute Gasteiger partial charge is 0.472 e. The first-order valence-corrected chi connectivity index (χ1v) is 18.7. The number of rotatable bonds is 32. The fraction of sp³-hybridized carbons (Fsp3) is 0.848. The zero-order valence-corrected chi connectivity index (χ0v) is 28.9. The minimum Gasteiger partial charge on any atom is -0.480 e. The highest BCUT2D eigenvalue weighted by Crippen LogP contribution is 2.43. The van der Waals surface area contributed by atoms with Gasteiger partial charge in [-0.1, -0.05) is 116 Å². The van der Waals surface area contributed by atoms with E-state index in [0.29, 0.717) is 12.8 Å². The van der Waals surface area contributed by atoms with Crippen LogP contribution in [0, 0.1) is 0 Å². The summed E-state index contributed by atoms with van der Waals surface area (Å²) in [6.07, 6.45) is 24.4. The summed E-state index contributed by atoms with van der Waals surface area (Å²) in [5, 5.41) is 8.82. The van der Waals surface area contributed by atoms with Crippen molar-refractivity contribution in [1.29, 1.82) is 0 Å². The van der Waals surface area contributed by atoms with Crippen LogP contribution in [0.3, 0.4) is 0 Å². The van der Waals surface area contributed by atoms with Gasteiger partial charge in [-0.25, -0.2) is 4.57 Å². The fourth-order valence-electron chi connectivity index (χ4n) is 4.48. The molecule has 0 amide bonds. The summed E-state index contributed by atoms with van der Waals surface area (Å²) in [5.74, 6) is -2.39. The van der Waals surface area contributed by atoms with Crippen LogP contribution >= 0.6 is 7.82 Å². The normalized spacial score (nSPS) is 14.2. The van der Waals surface area contributed by atoms with E-state index in [1.165, 1.54) is 44.9 Å². The molecule has 0 radical (unpaired) electrons. The molecule has 3 atom stereocenters. The van der Waals surface area contributed by atoms with Crippen molar-refractivity contribution in [3.63, 3.8) is 0 Å². The van der Waals surface area contributed by atoms with Crippen LogP contribution in [0.25, 0.3) is 0 Å². The summed E-state index contributed by atoms with van der Waals surface area (Å²) in [6.45, 7) is 2.68. The second-order valence-corrected chi connectivity index (χ2v) is 13.1. The molecule has 0 aliphatic rings. The number of hydrogen-bond acceptors (Lipinski definition) is 9. The third-order valence-corrected chi connectivity index (χ3v) is 8.20. The van der Waals surface area contributed by atoms with Crippen molar-refractivity contribution in [2.45, 2.75) is 161 Å². The number of phosphoric acid groups is 1. The number of phosphoric ester groups is 1. The van der Waals surface area contributed by atoms with Gasteiger partial charge in [-0.15, -0.1) is 0 Å². The van der Waals surface area contributed by atoms with E-state index < -0.39 is 51.1 Å². The van der Waals surface area contributed by atoms with Crippen molar-refractivity contribution in [3.8, 4) is 0 Å². The molecule has 0 bridgehead atoms. The lowest BCUT2D eigenvalue weighted by Crippen LogP contribution is -2.34. The highest BCUT2D eigenvalue weighted by molar-refractivity contribution is 7.47. The average molecular weight is 664 g/mol. The molecular weight excluding hydrogens is 601 g/mol. The molecule has 0 aromatic heterocycles. The van der Waals surface area contributed by atoms with Crippen LogP contribution in [-0.2, 0) is 37.5 Å². The van der Waals surface area contributed by atoms with Gasteiger partial charge in [0.2, 0.25) is 0 Å². The van der Waals surface area contributed by atoms with Crippen molar-refractivity contribution in [2.75, 3.05) is 19.8 Å². The van der Waals surface area contributed by atoms with E-state index in [1.807, 2.05) is 0 Å². The number of unbranched alkanes of at least 4 members (excludes halogenated alkanes) is 16. The number of aliphatic carboxylic acids is 1. The van der Waals surface area contributed by atoms with Crippen LogP contribution in [0.1, 0.15) is 149 Å². The van der Waals surface area contributed by atoms with E-state index >= 15 is 0 Å². The highest BCUT2D eigenvalue weighted by Gasteiger charge is 2.28. The molecule has 0 spiro atoms. The van der Waals surface area contributed by atoms with Crippen molar-refractivity contribution in [3.05, 3.63) is 12.2 Å². The van der Waals surface area contributed by atoms with Gasteiger partial charge in [0.05, 0.1) is 13.2 Å². The minimum absolute atomic E-state index is 0.153. The number of ether oxygens (including phenoxy) is 2. The van der Waals surface area contributed by atoms with E-state index in [9.17, 15) is 23.8 Å². The summed E-state index contributed by atoms with van der Waals surface area (Å²) in [7, 11) is -4.70. The van der Waals surface area contributed by atoms with E-state index in [0.717, 1.165) is 64.2 Å². The minimum atomic E-state index is -4.70. The van der Waals surface area contributed by atoms with Crippen molar-refractivity contribution >= 4 is 25.7 Å². The maximum Gasteiger partial charge on any atom is 0.472 e. The lowest BCUT2D eigenvalue weighted by atomic mass is 10.1. The summed E-state index contributed by atoms with van der Waals surface area (Å²) < 4.78 is 32.4. The molecule has 0 heterocycles. The van der Waals surface area contributed by atoms with E-state index in [1.54, 1.807) is 0 Å². The van der Waals surface area contributed by atoms with Gasteiger partial charge < -0.3 is 25.2 Å². The summed E-state index contributed by atoms with van der Waals surface area (Å²) >= 11 is 0. The molecule has 0 aromatic rings. The Morgan fingerprint density at radius 3 is 1.71 bits per heavy atom. The first kappa shape index (κ1) is 43.2. The third kappa shape index (κ3) is 29.4. The molecule has 12 heteroatoms. The van der Waals surface area contributed by atoms with Gasteiger partial charge in [-0.2, -0.15) is 0 Å². The Hall–Kier alpha value is -1.78. The molecule has 0 saturated heterocycles. The zero-order valence-electron chi connectivity index (χ0n) is 28.0. The highest BCUT2D eigenvalue weighted by atomic mass is 31.2. The van der Waals surface area contributed by atoms with E-state index in [-0.39, 0.29) is 19.4 Å². The second-order valence-electron chi connectivity index (χ2n) is 11.7. The van der Waals surface area contributed by atoms with Crippen LogP contribution in [-0.4, -0.2) is 59.9 Å². The number of nitrogens with two attached hydrogens (primary N) is 1. The predicted molar refractivity (Wildman–Crippen MR) is 176 cm³/mol. The molecule has 0 aliphatic carbocycles. The Labute approximate surface area is 271 Å². The molecule has 0 aliphatic heterocycles. The Morgan fingerprint density at radius 2 is 1.16 bits per heavy atom. The first-order chi connectivity index (χ1) is 21.6.